The molecule has 0 aromatic heterocycles. The lowest BCUT2D eigenvalue weighted by Gasteiger charge is -2.40. The first kappa shape index (κ1) is 11.5. The summed E-state index contributed by atoms with van der Waals surface area (Å²) < 4.78 is 18.7. The maximum absolute atomic E-state index is 10.4. The number of hydrogen-bond donors (Lipinski definition) is 5. The topological polar surface area (TPSA) is 137 Å². The van der Waals surface area contributed by atoms with Crippen LogP contribution in [-0.4, -0.2) is 65.6 Å². The van der Waals surface area contributed by atoms with Crippen molar-refractivity contribution in [3.63, 3.8) is 0 Å². The van der Waals surface area contributed by atoms with Crippen LogP contribution in [0.2, 0.25) is 0 Å². The van der Waals surface area contributed by atoms with E-state index in [2.05, 4.69) is 8.85 Å². The fourth-order valence-corrected chi connectivity index (χ4v) is 1.64. The van der Waals surface area contributed by atoms with Crippen LogP contribution in [0.15, 0.2) is 0 Å². The van der Waals surface area contributed by atoms with Crippen LogP contribution in [0.4, 0.5) is 0 Å². The highest BCUT2D eigenvalue weighted by Crippen LogP contribution is 2.26. The monoisotopic (exact) mass is 226 g/mol. The standard InChI is InChI=1S/C5H10O8Si/c6-1-2(7)3(8)4(9)5(10)12-14(11)13-5/h2-4,6-10H,1H2/t2-,3-,4+/m1/s1. The van der Waals surface area contributed by atoms with Gasteiger partial charge < -0.3 is 34.4 Å². The van der Waals surface area contributed by atoms with E-state index in [0.29, 0.717) is 0 Å². The van der Waals surface area contributed by atoms with Gasteiger partial charge in [0, 0.05) is 0 Å². The van der Waals surface area contributed by atoms with Gasteiger partial charge in [0.15, 0.2) is 6.10 Å². The lowest BCUT2D eigenvalue weighted by molar-refractivity contribution is -0.403. The summed E-state index contributed by atoms with van der Waals surface area (Å²) in [7, 11) is -2.82. The molecule has 82 valence electrons. The zero-order chi connectivity index (χ0) is 10.9. The van der Waals surface area contributed by atoms with E-state index in [0.717, 1.165) is 0 Å². The summed E-state index contributed by atoms with van der Waals surface area (Å²) in [5.74, 6) is -2.58. The van der Waals surface area contributed by atoms with Crippen molar-refractivity contribution in [3.8, 4) is 0 Å². The Labute approximate surface area is 79.8 Å². The quantitative estimate of drug-likeness (QED) is 0.307. The number of hydrogen-bond acceptors (Lipinski definition) is 8. The van der Waals surface area contributed by atoms with E-state index >= 15 is 0 Å². The lowest BCUT2D eigenvalue weighted by atomic mass is 10.1. The Hall–Kier alpha value is -0.583. The molecule has 0 radical (unpaired) electrons. The number of rotatable bonds is 4. The van der Waals surface area contributed by atoms with Gasteiger partial charge in [0.05, 0.1) is 6.61 Å². The van der Waals surface area contributed by atoms with Crippen molar-refractivity contribution >= 4 is 9.17 Å². The molecule has 1 fully saturated rings. The van der Waals surface area contributed by atoms with Crippen molar-refractivity contribution in [3.05, 3.63) is 0 Å². The first-order chi connectivity index (χ1) is 6.40. The summed E-state index contributed by atoms with van der Waals surface area (Å²) in [6.07, 6.45) is -5.56. The van der Waals surface area contributed by atoms with E-state index in [1.807, 2.05) is 0 Å². The van der Waals surface area contributed by atoms with E-state index in [-0.39, 0.29) is 0 Å². The second kappa shape index (κ2) is 3.88. The van der Waals surface area contributed by atoms with Crippen LogP contribution < -0.4 is 0 Å². The molecule has 9 heteroatoms. The van der Waals surface area contributed by atoms with Crippen LogP contribution in [-0.2, 0) is 13.3 Å². The molecule has 1 aliphatic heterocycles. The van der Waals surface area contributed by atoms with Gasteiger partial charge in [-0.3, -0.25) is 4.46 Å². The zero-order valence-electron chi connectivity index (χ0n) is 6.90. The molecule has 5 N–H and O–H groups in total. The third kappa shape index (κ3) is 1.92. The minimum Gasteiger partial charge on any atom is -0.433 e. The Morgan fingerprint density at radius 2 is 1.79 bits per heavy atom. The fourth-order valence-electron chi connectivity index (χ4n) is 0.901. The van der Waals surface area contributed by atoms with Crippen molar-refractivity contribution in [1.29, 1.82) is 0 Å². The molecule has 1 rings (SSSR count). The van der Waals surface area contributed by atoms with Crippen LogP contribution >= 0.6 is 0 Å². The Bertz CT molecular complexity index is 224. The van der Waals surface area contributed by atoms with Crippen molar-refractivity contribution in [2.45, 2.75) is 24.3 Å². The van der Waals surface area contributed by atoms with Gasteiger partial charge >= 0.3 is 15.1 Å². The van der Waals surface area contributed by atoms with Gasteiger partial charge in [-0.25, -0.2) is 0 Å². The number of aliphatic hydroxyl groups excluding tert-OH is 4. The average Bonchev–Trinajstić information content (AvgIpc) is 2.12. The molecular weight excluding hydrogens is 216 g/mol. The number of aliphatic hydroxyl groups is 5. The second-order valence-corrected chi connectivity index (χ2v) is 3.68. The van der Waals surface area contributed by atoms with E-state index in [1.54, 1.807) is 0 Å². The smallest absolute Gasteiger partial charge is 0.433 e. The van der Waals surface area contributed by atoms with E-state index < -0.39 is 40.1 Å². The fraction of sp³-hybridized carbons (Fsp3) is 1.00. The average molecular weight is 226 g/mol. The van der Waals surface area contributed by atoms with Gasteiger partial charge in [-0.15, -0.1) is 0 Å². The molecule has 3 atom stereocenters. The lowest BCUT2D eigenvalue weighted by Crippen LogP contribution is -2.65. The molecule has 0 aromatic carbocycles. The summed E-state index contributed by atoms with van der Waals surface area (Å²) in [5.41, 5.74) is 0. The molecule has 1 aliphatic rings. The van der Waals surface area contributed by atoms with Gasteiger partial charge in [-0.2, -0.15) is 0 Å². The predicted molar refractivity (Wildman–Crippen MR) is 38.7 cm³/mol. The first-order valence-electron chi connectivity index (χ1n) is 3.70. The Morgan fingerprint density at radius 3 is 2.14 bits per heavy atom. The van der Waals surface area contributed by atoms with Crippen molar-refractivity contribution in [1.82, 2.24) is 0 Å². The Balaban J connectivity index is 2.56. The van der Waals surface area contributed by atoms with E-state index in [4.69, 9.17) is 20.4 Å². The van der Waals surface area contributed by atoms with Crippen molar-refractivity contribution < 1.29 is 38.8 Å². The normalized spacial score (nSPS) is 25.4. The van der Waals surface area contributed by atoms with Crippen molar-refractivity contribution in [2.24, 2.45) is 0 Å². The summed E-state index contributed by atoms with van der Waals surface area (Å²) in [4.78, 5) is 0. The highest BCUT2D eigenvalue weighted by atomic mass is 28.3. The van der Waals surface area contributed by atoms with Gasteiger partial charge in [0.2, 0.25) is 0 Å². The molecule has 1 saturated heterocycles. The minimum absolute atomic E-state index is 0.816. The highest BCUT2D eigenvalue weighted by molar-refractivity contribution is 6.28. The molecular formula is C5H10O8Si. The third-order valence-electron chi connectivity index (χ3n) is 1.74. The Kier molecular flexibility index (Phi) is 3.19. The molecule has 0 aliphatic carbocycles. The molecule has 14 heavy (non-hydrogen) atoms. The zero-order valence-corrected chi connectivity index (χ0v) is 7.90. The van der Waals surface area contributed by atoms with Gasteiger partial charge in [0.25, 0.3) is 0 Å². The van der Waals surface area contributed by atoms with Gasteiger partial charge in [0.1, 0.15) is 12.2 Å². The SMILES string of the molecule is O=[Si]1OC(O)([C@@H](O)[C@H](O)[C@H](O)CO)O1. The van der Waals surface area contributed by atoms with Crippen LogP contribution in [0.25, 0.3) is 0 Å². The first-order valence-corrected chi connectivity index (χ1v) is 4.92. The third-order valence-corrected chi connectivity index (χ3v) is 2.66. The van der Waals surface area contributed by atoms with Gasteiger partial charge in [-0.05, 0) is 0 Å². The van der Waals surface area contributed by atoms with E-state index in [9.17, 15) is 9.57 Å². The van der Waals surface area contributed by atoms with Crippen LogP contribution in [0.3, 0.4) is 0 Å². The molecule has 0 bridgehead atoms. The van der Waals surface area contributed by atoms with Crippen LogP contribution in [0.1, 0.15) is 0 Å². The summed E-state index contributed by atoms with van der Waals surface area (Å²) in [6.45, 7) is -0.816. The predicted octanol–water partition coefficient (Wildman–Crippen LogP) is -3.83. The second-order valence-electron chi connectivity index (χ2n) is 2.77. The molecule has 0 saturated carbocycles. The maximum atomic E-state index is 10.4. The van der Waals surface area contributed by atoms with Crippen molar-refractivity contribution in [2.75, 3.05) is 6.61 Å². The summed E-state index contributed by atoms with van der Waals surface area (Å²) >= 11 is 0. The molecule has 0 amide bonds. The van der Waals surface area contributed by atoms with E-state index in [1.165, 1.54) is 0 Å². The molecule has 0 spiro atoms. The summed E-state index contributed by atoms with van der Waals surface area (Å²) in [5, 5.41) is 44.7. The molecule has 0 aromatic rings. The van der Waals surface area contributed by atoms with Crippen LogP contribution in [0.5, 0.6) is 0 Å². The summed E-state index contributed by atoms with van der Waals surface area (Å²) in [6, 6.07) is 0. The molecule has 1 heterocycles. The Morgan fingerprint density at radius 1 is 1.29 bits per heavy atom. The maximum Gasteiger partial charge on any atom is 0.776 e. The largest absolute Gasteiger partial charge is 0.776 e. The van der Waals surface area contributed by atoms with Gasteiger partial charge in [-0.1, -0.05) is 0 Å². The molecule has 0 unspecified atom stereocenters. The highest BCUT2D eigenvalue weighted by Gasteiger charge is 2.58. The van der Waals surface area contributed by atoms with Crippen LogP contribution in [0, 0.1) is 0 Å². The minimum atomic E-state index is -2.82. The molecule has 8 nitrogen and oxygen atoms in total.